The monoisotopic (exact) mass is 418 g/mol. The third-order valence-electron chi connectivity index (χ3n) is 6.12. The van der Waals surface area contributed by atoms with Crippen LogP contribution in [0.5, 0.6) is 0 Å². The summed E-state index contributed by atoms with van der Waals surface area (Å²) in [5, 5.41) is 0.815. The first-order valence-electron chi connectivity index (χ1n) is 11.0. The van der Waals surface area contributed by atoms with Crippen molar-refractivity contribution in [3.8, 4) is 0 Å². The van der Waals surface area contributed by atoms with Gasteiger partial charge in [0.25, 0.3) is 5.91 Å². The molecule has 1 aliphatic carbocycles. The molecule has 30 heavy (non-hydrogen) atoms. The van der Waals surface area contributed by atoms with E-state index >= 15 is 0 Å². The average molecular weight is 419 g/mol. The Hall–Kier alpha value is -2.33. The van der Waals surface area contributed by atoms with Gasteiger partial charge in [-0.25, -0.2) is 4.99 Å². The Balaban J connectivity index is 1.68. The Kier molecular flexibility index (Phi) is 6.43. The molecule has 1 aliphatic heterocycles. The van der Waals surface area contributed by atoms with Crippen LogP contribution < -0.4 is 0 Å². The average Bonchev–Trinajstić information content (AvgIpc) is 3.04. The van der Waals surface area contributed by atoms with E-state index in [1.54, 1.807) is 0 Å². The highest BCUT2D eigenvalue weighted by Gasteiger charge is 2.41. The van der Waals surface area contributed by atoms with Gasteiger partial charge in [-0.3, -0.25) is 9.69 Å². The van der Waals surface area contributed by atoms with Crippen molar-refractivity contribution in [2.45, 2.75) is 58.4 Å². The van der Waals surface area contributed by atoms with Crippen molar-refractivity contribution in [2.24, 2.45) is 10.9 Å². The molecule has 2 fully saturated rings. The van der Waals surface area contributed by atoms with Gasteiger partial charge in [-0.2, -0.15) is 0 Å². The van der Waals surface area contributed by atoms with Gasteiger partial charge >= 0.3 is 0 Å². The maximum absolute atomic E-state index is 13.5. The Morgan fingerprint density at radius 1 is 1.03 bits per heavy atom. The zero-order valence-electron chi connectivity index (χ0n) is 18.0. The number of nitrogens with zero attached hydrogens (tertiary/aromatic N) is 2. The van der Waals surface area contributed by atoms with Crippen LogP contribution >= 0.6 is 11.8 Å². The van der Waals surface area contributed by atoms with Crippen LogP contribution in [0.1, 0.15) is 63.5 Å². The number of rotatable bonds is 4. The van der Waals surface area contributed by atoms with Crippen molar-refractivity contribution < 1.29 is 4.79 Å². The minimum atomic E-state index is 0.0985. The summed E-state index contributed by atoms with van der Waals surface area (Å²) < 4.78 is 0. The van der Waals surface area contributed by atoms with Crippen LogP contribution in [0.15, 0.2) is 64.5 Å². The predicted molar refractivity (Wildman–Crippen MR) is 128 cm³/mol. The molecule has 4 rings (SSSR count). The van der Waals surface area contributed by atoms with E-state index in [1.807, 2.05) is 41.3 Å². The number of carbonyl (C=O) groups is 1. The topological polar surface area (TPSA) is 32.7 Å². The lowest BCUT2D eigenvalue weighted by atomic mass is 9.85. The number of hydrogen-bond donors (Lipinski definition) is 0. The molecule has 2 aromatic carbocycles. The van der Waals surface area contributed by atoms with Crippen molar-refractivity contribution >= 4 is 34.6 Å². The molecular formula is C26H30N2OS. The number of aliphatic imine (C=N–C) groups is 1. The van der Waals surface area contributed by atoms with Gasteiger partial charge in [0, 0.05) is 6.04 Å². The zero-order chi connectivity index (χ0) is 21.1. The molecule has 1 saturated carbocycles. The van der Waals surface area contributed by atoms with Gasteiger partial charge in [0.2, 0.25) is 0 Å². The number of thioether (sulfide) groups is 1. The quantitative estimate of drug-likeness (QED) is 0.501. The molecule has 0 unspecified atom stereocenters. The fourth-order valence-electron chi connectivity index (χ4n) is 4.28. The van der Waals surface area contributed by atoms with E-state index in [9.17, 15) is 4.79 Å². The molecule has 2 aliphatic rings. The van der Waals surface area contributed by atoms with Crippen LogP contribution in [0.2, 0.25) is 0 Å². The molecule has 0 spiro atoms. The van der Waals surface area contributed by atoms with E-state index in [1.165, 1.54) is 36.6 Å². The summed E-state index contributed by atoms with van der Waals surface area (Å²) in [5.74, 6) is 1.09. The Labute approximate surface area is 184 Å². The first-order chi connectivity index (χ1) is 14.5. The van der Waals surface area contributed by atoms with Gasteiger partial charge in [-0.05, 0) is 65.8 Å². The maximum Gasteiger partial charge on any atom is 0.267 e. The van der Waals surface area contributed by atoms with Crippen LogP contribution in [0.25, 0.3) is 6.08 Å². The number of carbonyl (C=O) groups excluding carboxylic acids is 1. The Morgan fingerprint density at radius 3 is 2.40 bits per heavy atom. The van der Waals surface area contributed by atoms with E-state index in [0.717, 1.165) is 27.7 Å². The van der Waals surface area contributed by atoms with Crippen molar-refractivity contribution in [2.75, 3.05) is 0 Å². The molecule has 4 heteroatoms. The normalized spacial score (nSPS) is 24.9. The van der Waals surface area contributed by atoms with Gasteiger partial charge in [0.05, 0.1) is 10.6 Å². The molecule has 3 nitrogen and oxygen atoms in total. The summed E-state index contributed by atoms with van der Waals surface area (Å²) >= 11 is 1.51. The van der Waals surface area contributed by atoms with E-state index in [-0.39, 0.29) is 11.9 Å². The molecule has 1 amide bonds. The fourth-order valence-corrected chi connectivity index (χ4v) is 5.32. The summed E-state index contributed by atoms with van der Waals surface area (Å²) in [4.78, 5) is 21.1. The summed E-state index contributed by atoms with van der Waals surface area (Å²) in [7, 11) is 0. The SMILES string of the molecule is CC(C)c1ccc(/C=C2\SC(=Nc3ccccc3)N([C@H]3CCCC[C@H]3C)C2=O)cc1. The highest BCUT2D eigenvalue weighted by Crippen LogP contribution is 2.40. The third kappa shape index (κ3) is 4.54. The summed E-state index contributed by atoms with van der Waals surface area (Å²) in [5.41, 5.74) is 3.27. The van der Waals surface area contributed by atoms with Crippen LogP contribution in [0.3, 0.4) is 0 Å². The van der Waals surface area contributed by atoms with Crippen molar-refractivity contribution in [3.63, 3.8) is 0 Å². The van der Waals surface area contributed by atoms with Gasteiger partial charge in [0.15, 0.2) is 5.17 Å². The van der Waals surface area contributed by atoms with Gasteiger partial charge in [-0.15, -0.1) is 0 Å². The largest absolute Gasteiger partial charge is 0.283 e. The molecule has 2 aromatic rings. The van der Waals surface area contributed by atoms with Gasteiger partial charge in [0.1, 0.15) is 0 Å². The lowest BCUT2D eigenvalue weighted by molar-refractivity contribution is -0.124. The van der Waals surface area contributed by atoms with Crippen molar-refractivity contribution in [1.82, 2.24) is 4.90 Å². The molecule has 0 bridgehead atoms. The fraction of sp³-hybridized carbons (Fsp3) is 0.385. The number of hydrogen-bond acceptors (Lipinski definition) is 3. The molecule has 1 saturated heterocycles. The number of para-hydroxylation sites is 1. The minimum Gasteiger partial charge on any atom is -0.283 e. The first kappa shape index (κ1) is 20.9. The number of amides is 1. The molecule has 0 N–H and O–H groups in total. The van der Waals surface area contributed by atoms with E-state index in [2.05, 4.69) is 45.0 Å². The highest BCUT2D eigenvalue weighted by molar-refractivity contribution is 8.18. The summed E-state index contributed by atoms with van der Waals surface area (Å²) in [6.45, 7) is 6.66. The molecule has 2 atom stereocenters. The van der Waals surface area contributed by atoms with Gasteiger partial charge in [-0.1, -0.05) is 76.1 Å². The lowest BCUT2D eigenvalue weighted by Gasteiger charge is -2.35. The number of amidine groups is 1. The molecule has 0 aromatic heterocycles. The molecule has 1 heterocycles. The van der Waals surface area contributed by atoms with E-state index < -0.39 is 0 Å². The first-order valence-corrected chi connectivity index (χ1v) is 11.8. The van der Waals surface area contributed by atoms with Crippen LogP contribution in [-0.2, 0) is 4.79 Å². The van der Waals surface area contributed by atoms with Crippen LogP contribution in [-0.4, -0.2) is 22.0 Å². The second-order valence-electron chi connectivity index (χ2n) is 8.67. The molecular weight excluding hydrogens is 388 g/mol. The van der Waals surface area contributed by atoms with E-state index in [0.29, 0.717) is 11.8 Å². The summed E-state index contributed by atoms with van der Waals surface area (Å²) in [6.07, 6.45) is 6.68. The van der Waals surface area contributed by atoms with Crippen molar-refractivity contribution in [1.29, 1.82) is 0 Å². The molecule has 156 valence electrons. The maximum atomic E-state index is 13.5. The standard InChI is InChI=1S/C26H30N2OS/c1-18(2)21-15-13-20(14-16-21)17-24-25(29)28(23-12-8-7-9-19(23)3)26(30-24)27-22-10-5-4-6-11-22/h4-6,10-11,13-19,23H,7-9,12H2,1-3H3/b24-17-,27-26?/t19-,23+/m1/s1. The van der Waals surface area contributed by atoms with Crippen LogP contribution in [0, 0.1) is 5.92 Å². The molecule has 0 radical (unpaired) electrons. The minimum absolute atomic E-state index is 0.0985. The predicted octanol–water partition coefficient (Wildman–Crippen LogP) is 6.99. The van der Waals surface area contributed by atoms with Crippen molar-refractivity contribution in [3.05, 3.63) is 70.6 Å². The Morgan fingerprint density at radius 2 is 1.73 bits per heavy atom. The second-order valence-corrected chi connectivity index (χ2v) is 9.68. The zero-order valence-corrected chi connectivity index (χ0v) is 18.9. The van der Waals surface area contributed by atoms with E-state index in [4.69, 9.17) is 4.99 Å². The van der Waals surface area contributed by atoms with Crippen LogP contribution in [0.4, 0.5) is 5.69 Å². The van der Waals surface area contributed by atoms with Gasteiger partial charge < -0.3 is 0 Å². The highest BCUT2D eigenvalue weighted by atomic mass is 32.2. The Bertz CT molecular complexity index is 947. The summed E-state index contributed by atoms with van der Waals surface area (Å²) in [6, 6.07) is 18.7. The second kappa shape index (κ2) is 9.22. The number of benzene rings is 2. The smallest absolute Gasteiger partial charge is 0.267 e. The third-order valence-corrected chi connectivity index (χ3v) is 7.10. The lowest BCUT2D eigenvalue weighted by Crippen LogP contribution is -2.44.